The van der Waals surface area contributed by atoms with E-state index in [0.29, 0.717) is 13.0 Å². The Morgan fingerprint density at radius 3 is 2.74 bits per heavy atom. The molecule has 1 saturated carbocycles. The number of carbonyl (C=O) groups is 2. The number of imide groups is 1. The van der Waals surface area contributed by atoms with E-state index in [1.54, 1.807) is 0 Å². The van der Waals surface area contributed by atoms with Gasteiger partial charge in [-0.05, 0) is 45.6 Å². The third-order valence-electron chi connectivity index (χ3n) is 3.69. The Morgan fingerprint density at radius 2 is 2.05 bits per heavy atom. The van der Waals surface area contributed by atoms with E-state index in [1.807, 2.05) is 11.8 Å². The fourth-order valence-corrected chi connectivity index (χ4v) is 2.30. The zero-order valence-corrected chi connectivity index (χ0v) is 11.4. The predicted molar refractivity (Wildman–Crippen MR) is 70.6 cm³/mol. The van der Waals surface area contributed by atoms with Crippen LogP contribution >= 0.6 is 0 Å². The number of amides is 3. The lowest BCUT2D eigenvalue weighted by Gasteiger charge is -2.21. The highest BCUT2D eigenvalue weighted by Crippen LogP contribution is 2.21. The van der Waals surface area contributed by atoms with Gasteiger partial charge in [0, 0.05) is 12.6 Å². The van der Waals surface area contributed by atoms with Crippen molar-refractivity contribution in [1.29, 1.82) is 0 Å². The summed E-state index contributed by atoms with van der Waals surface area (Å²) in [6, 6.07) is -0.143. The minimum atomic E-state index is -0.630. The first-order valence-electron chi connectivity index (χ1n) is 7.00. The van der Waals surface area contributed by atoms with Crippen LogP contribution in [-0.2, 0) is 4.79 Å². The Kier molecular flexibility index (Phi) is 4.42. The topological polar surface area (TPSA) is 81.7 Å². The Labute approximate surface area is 113 Å². The van der Waals surface area contributed by atoms with Crippen LogP contribution in [0.3, 0.4) is 0 Å². The number of nitrogens with zero attached hydrogens (tertiary/aromatic N) is 1. The van der Waals surface area contributed by atoms with E-state index in [4.69, 9.17) is 0 Å². The molecule has 3 N–H and O–H groups in total. The van der Waals surface area contributed by atoms with E-state index in [-0.39, 0.29) is 18.5 Å². The van der Waals surface area contributed by atoms with E-state index in [9.17, 15) is 14.7 Å². The van der Waals surface area contributed by atoms with Crippen molar-refractivity contribution in [2.24, 2.45) is 0 Å². The van der Waals surface area contributed by atoms with Gasteiger partial charge in [-0.1, -0.05) is 0 Å². The van der Waals surface area contributed by atoms with Gasteiger partial charge in [0.2, 0.25) is 5.91 Å². The number of likely N-dealkylation sites (tertiary alicyclic amines) is 1. The van der Waals surface area contributed by atoms with Crippen LogP contribution in [0.5, 0.6) is 0 Å². The summed E-state index contributed by atoms with van der Waals surface area (Å²) >= 11 is 0. The molecule has 19 heavy (non-hydrogen) atoms. The highest BCUT2D eigenvalue weighted by molar-refractivity contribution is 5.95. The van der Waals surface area contributed by atoms with Crippen LogP contribution in [0.2, 0.25) is 0 Å². The molecule has 1 saturated heterocycles. The monoisotopic (exact) mass is 269 g/mol. The van der Waals surface area contributed by atoms with Crippen molar-refractivity contribution in [3.8, 4) is 0 Å². The van der Waals surface area contributed by atoms with Crippen molar-refractivity contribution in [2.45, 2.75) is 50.7 Å². The second kappa shape index (κ2) is 5.88. The molecule has 6 heteroatoms. The van der Waals surface area contributed by atoms with E-state index >= 15 is 0 Å². The molecule has 1 unspecified atom stereocenters. The summed E-state index contributed by atoms with van der Waals surface area (Å²) in [5, 5.41) is 15.0. The lowest BCUT2D eigenvalue weighted by Crippen LogP contribution is -2.45. The summed E-state index contributed by atoms with van der Waals surface area (Å²) in [5.41, 5.74) is -0.630. The van der Waals surface area contributed by atoms with Gasteiger partial charge in [0.1, 0.15) is 0 Å². The zero-order valence-electron chi connectivity index (χ0n) is 11.4. The molecule has 1 heterocycles. The molecule has 108 valence electrons. The second-order valence-electron chi connectivity index (χ2n) is 5.92. The van der Waals surface area contributed by atoms with Crippen molar-refractivity contribution in [2.75, 3.05) is 19.6 Å². The summed E-state index contributed by atoms with van der Waals surface area (Å²) < 4.78 is 0. The SMILES string of the molecule is CC1(O)CCCN(CC(=O)NC(=O)NC2CC2)CC1. The van der Waals surface area contributed by atoms with E-state index < -0.39 is 11.6 Å². The average molecular weight is 269 g/mol. The van der Waals surface area contributed by atoms with Crippen LogP contribution in [0.1, 0.15) is 39.0 Å². The van der Waals surface area contributed by atoms with Crippen LogP contribution in [0.4, 0.5) is 4.79 Å². The van der Waals surface area contributed by atoms with Gasteiger partial charge in [0.15, 0.2) is 0 Å². The molecule has 2 rings (SSSR count). The van der Waals surface area contributed by atoms with Gasteiger partial charge in [-0.25, -0.2) is 4.79 Å². The third-order valence-corrected chi connectivity index (χ3v) is 3.69. The molecule has 2 fully saturated rings. The van der Waals surface area contributed by atoms with Gasteiger partial charge in [-0.2, -0.15) is 0 Å². The fourth-order valence-electron chi connectivity index (χ4n) is 2.30. The summed E-state index contributed by atoms with van der Waals surface area (Å²) in [4.78, 5) is 25.1. The van der Waals surface area contributed by atoms with Gasteiger partial charge in [-0.15, -0.1) is 0 Å². The van der Waals surface area contributed by atoms with Gasteiger partial charge in [-0.3, -0.25) is 15.0 Å². The highest BCUT2D eigenvalue weighted by atomic mass is 16.3. The number of carbonyl (C=O) groups excluding carboxylic acids is 2. The Bertz CT molecular complexity index is 353. The van der Waals surface area contributed by atoms with Crippen molar-refractivity contribution >= 4 is 11.9 Å². The number of hydrogen-bond acceptors (Lipinski definition) is 4. The molecule has 6 nitrogen and oxygen atoms in total. The fraction of sp³-hybridized carbons (Fsp3) is 0.846. The van der Waals surface area contributed by atoms with Crippen molar-refractivity contribution < 1.29 is 14.7 Å². The lowest BCUT2D eigenvalue weighted by molar-refractivity contribution is -0.121. The molecule has 3 amide bonds. The Hall–Kier alpha value is -1.14. The van der Waals surface area contributed by atoms with E-state index in [2.05, 4.69) is 10.6 Å². The number of urea groups is 1. The van der Waals surface area contributed by atoms with Crippen LogP contribution in [0.15, 0.2) is 0 Å². The van der Waals surface area contributed by atoms with Crippen molar-refractivity contribution in [3.05, 3.63) is 0 Å². The zero-order chi connectivity index (χ0) is 13.9. The minimum Gasteiger partial charge on any atom is -0.390 e. The summed E-state index contributed by atoms with van der Waals surface area (Å²) in [6.07, 6.45) is 4.29. The average Bonchev–Trinajstić information content (AvgIpc) is 3.09. The smallest absolute Gasteiger partial charge is 0.321 e. The first-order valence-corrected chi connectivity index (χ1v) is 7.00. The van der Waals surface area contributed by atoms with Crippen LogP contribution in [0, 0.1) is 0 Å². The maximum absolute atomic E-state index is 11.7. The molecule has 1 atom stereocenters. The molecular formula is C13H23N3O3. The molecule has 0 radical (unpaired) electrons. The molecule has 0 aromatic heterocycles. The predicted octanol–water partition coefficient (Wildman–Crippen LogP) is 0.212. The molecule has 2 aliphatic rings. The summed E-state index contributed by atoms with van der Waals surface area (Å²) in [5.74, 6) is -0.278. The Balaban J connectivity index is 1.70. The molecule has 0 aromatic carbocycles. The third kappa shape index (κ3) is 5.16. The number of aliphatic hydroxyl groups is 1. The van der Waals surface area contributed by atoms with Gasteiger partial charge in [0.05, 0.1) is 12.1 Å². The Morgan fingerprint density at radius 1 is 1.32 bits per heavy atom. The summed E-state index contributed by atoms with van der Waals surface area (Å²) in [7, 11) is 0. The lowest BCUT2D eigenvalue weighted by atomic mass is 9.98. The normalized spacial score (nSPS) is 28.5. The van der Waals surface area contributed by atoms with Gasteiger partial charge in [0.25, 0.3) is 0 Å². The van der Waals surface area contributed by atoms with E-state index in [0.717, 1.165) is 32.2 Å². The maximum atomic E-state index is 11.7. The largest absolute Gasteiger partial charge is 0.390 e. The van der Waals surface area contributed by atoms with Crippen LogP contribution in [0.25, 0.3) is 0 Å². The molecule has 1 aliphatic heterocycles. The van der Waals surface area contributed by atoms with Crippen molar-refractivity contribution in [1.82, 2.24) is 15.5 Å². The molecule has 0 spiro atoms. The van der Waals surface area contributed by atoms with E-state index in [1.165, 1.54) is 0 Å². The number of nitrogens with one attached hydrogen (secondary N) is 2. The molecule has 0 aromatic rings. The van der Waals surface area contributed by atoms with Crippen molar-refractivity contribution in [3.63, 3.8) is 0 Å². The first-order chi connectivity index (χ1) is 8.94. The van der Waals surface area contributed by atoms with Crippen LogP contribution in [-0.4, -0.2) is 53.2 Å². The number of hydrogen-bond donors (Lipinski definition) is 3. The van der Waals surface area contributed by atoms with Crippen LogP contribution < -0.4 is 10.6 Å². The van der Waals surface area contributed by atoms with Gasteiger partial charge < -0.3 is 10.4 Å². The molecular weight excluding hydrogens is 246 g/mol. The summed E-state index contributed by atoms with van der Waals surface area (Å²) in [6.45, 7) is 3.52. The first kappa shape index (κ1) is 14.3. The van der Waals surface area contributed by atoms with Gasteiger partial charge >= 0.3 is 6.03 Å². The highest BCUT2D eigenvalue weighted by Gasteiger charge is 2.27. The molecule has 1 aliphatic carbocycles. The second-order valence-corrected chi connectivity index (χ2v) is 5.92. The molecule has 0 bridgehead atoms. The maximum Gasteiger partial charge on any atom is 0.321 e. The number of rotatable bonds is 3. The standard InChI is InChI=1S/C13H23N3O3/c1-13(19)5-2-7-16(8-6-13)9-11(17)15-12(18)14-10-3-4-10/h10,19H,2-9H2,1H3,(H2,14,15,17,18). The quantitative estimate of drug-likeness (QED) is 0.684. The minimum absolute atomic E-state index is 0.216.